The number of benzene rings is 1. The maximum atomic E-state index is 12.7. The molecular formula is C13H19FN3O2+. The zero-order chi connectivity index (χ0) is 14.4. The van der Waals surface area contributed by atoms with Crippen LogP contribution in [0.25, 0.3) is 0 Å². The Hall–Kier alpha value is -1.95. The van der Waals surface area contributed by atoms with Crippen molar-refractivity contribution in [1.29, 1.82) is 0 Å². The highest BCUT2D eigenvalue weighted by Crippen LogP contribution is 2.07. The fourth-order valence-electron chi connectivity index (χ4n) is 1.49. The fraction of sp³-hybridized carbons (Fsp3) is 0.385. The Balaban J connectivity index is 2.42. The van der Waals surface area contributed by atoms with E-state index in [1.165, 1.54) is 29.2 Å². The molecule has 1 aromatic rings. The van der Waals surface area contributed by atoms with Crippen molar-refractivity contribution in [2.24, 2.45) is 0 Å². The number of nitrogens with one attached hydrogen (secondary N) is 2. The smallest absolute Gasteiger partial charge is 0.279 e. The molecule has 6 heteroatoms. The van der Waals surface area contributed by atoms with Gasteiger partial charge in [-0.1, -0.05) is 0 Å². The maximum Gasteiger partial charge on any atom is 0.279 e. The number of quaternary nitrogens is 1. The van der Waals surface area contributed by atoms with Crippen LogP contribution in [-0.4, -0.2) is 50.9 Å². The van der Waals surface area contributed by atoms with Crippen molar-refractivity contribution in [2.45, 2.75) is 0 Å². The van der Waals surface area contributed by atoms with Gasteiger partial charge in [0, 0.05) is 19.8 Å². The van der Waals surface area contributed by atoms with Gasteiger partial charge < -0.3 is 15.1 Å². The molecule has 1 rings (SSSR count). The Morgan fingerprint density at radius 1 is 1.21 bits per heavy atom. The summed E-state index contributed by atoms with van der Waals surface area (Å²) in [6.07, 6.45) is 0. The largest absolute Gasteiger partial charge is 0.344 e. The van der Waals surface area contributed by atoms with Crippen molar-refractivity contribution < 1.29 is 18.9 Å². The van der Waals surface area contributed by atoms with Crippen molar-refractivity contribution >= 4 is 17.5 Å². The van der Waals surface area contributed by atoms with E-state index in [0.717, 1.165) is 4.90 Å². The van der Waals surface area contributed by atoms with Crippen LogP contribution >= 0.6 is 0 Å². The Labute approximate surface area is 112 Å². The van der Waals surface area contributed by atoms with E-state index in [1.807, 2.05) is 0 Å². The number of nitrogens with zero attached hydrogens (tertiary/aromatic N) is 1. The van der Waals surface area contributed by atoms with Gasteiger partial charge in [0.05, 0.1) is 7.05 Å². The van der Waals surface area contributed by atoms with Crippen molar-refractivity contribution in [1.82, 2.24) is 4.90 Å². The predicted molar refractivity (Wildman–Crippen MR) is 70.3 cm³/mol. The molecule has 0 aromatic heterocycles. The fourth-order valence-corrected chi connectivity index (χ4v) is 1.49. The van der Waals surface area contributed by atoms with Crippen LogP contribution in [0.2, 0.25) is 0 Å². The summed E-state index contributed by atoms with van der Waals surface area (Å²) in [5.74, 6) is -0.597. The third-order valence-corrected chi connectivity index (χ3v) is 2.54. The summed E-state index contributed by atoms with van der Waals surface area (Å²) in [5.41, 5.74) is 0.540. The summed E-state index contributed by atoms with van der Waals surface area (Å²) in [7, 11) is 5.12. The Morgan fingerprint density at radius 3 is 2.32 bits per heavy atom. The van der Waals surface area contributed by atoms with Gasteiger partial charge in [-0.2, -0.15) is 0 Å². The lowest BCUT2D eigenvalue weighted by Crippen LogP contribution is -3.11. The highest BCUT2D eigenvalue weighted by atomic mass is 19.1. The second kappa shape index (κ2) is 6.84. The highest BCUT2D eigenvalue weighted by Gasteiger charge is 2.15. The molecule has 0 heterocycles. The Kier molecular flexibility index (Phi) is 5.44. The molecule has 1 atom stereocenters. The molecule has 2 N–H and O–H groups in total. The molecule has 0 aliphatic rings. The average Bonchev–Trinajstić information content (AvgIpc) is 2.31. The molecule has 5 nitrogen and oxygen atoms in total. The van der Waals surface area contributed by atoms with Crippen LogP contribution < -0.4 is 10.2 Å². The van der Waals surface area contributed by atoms with Crippen LogP contribution in [-0.2, 0) is 9.59 Å². The minimum Gasteiger partial charge on any atom is -0.344 e. The van der Waals surface area contributed by atoms with Crippen molar-refractivity contribution in [3.8, 4) is 0 Å². The van der Waals surface area contributed by atoms with E-state index in [0.29, 0.717) is 5.69 Å². The molecule has 0 aliphatic carbocycles. The van der Waals surface area contributed by atoms with Crippen molar-refractivity contribution in [3.05, 3.63) is 30.1 Å². The van der Waals surface area contributed by atoms with E-state index in [2.05, 4.69) is 5.32 Å². The molecule has 1 unspecified atom stereocenters. The molecule has 1 aromatic carbocycles. The minimum atomic E-state index is -0.350. The van der Waals surface area contributed by atoms with Crippen LogP contribution in [0.1, 0.15) is 0 Å². The number of anilines is 1. The van der Waals surface area contributed by atoms with Gasteiger partial charge in [-0.25, -0.2) is 4.39 Å². The summed E-state index contributed by atoms with van der Waals surface area (Å²) >= 11 is 0. The van der Waals surface area contributed by atoms with Gasteiger partial charge in [0.2, 0.25) is 0 Å². The number of hydrogen-bond acceptors (Lipinski definition) is 2. The SMILES string of the molecule is CN(C)C(=O)C[NH+](C)CC(=O)Nc1ccc(F)cc1. The quantitative estimate of drug-likeness (QED) is 0.747. The topological polar surface area (TPSA) is 53.9 Å². The van der Waals surface area contributed by atoms with Gasteiger partial charge in [-0.15, -0.1) is 0 Å². The van der Waals surface area contributed by atoms with Gasteiger partial charge in [-0.05, 0) is 24.3 Å². The average molecular weight is 268 g/mol. The monoisotopic (exact) mass is 268 g/mol. The molecule has 2 amide bonds. The molecule has 19 heavy (non-hydrogen) atoms. The normalized spacial score (nSPS) is 11.8. The van der Waals surface area contributed by atoms with Crippen LogP contribution in [0, 0.1) is 5.82 Å². The predicted octanol–water partition coefficient (Wildman–Crippen LogP) is -0.633. The second-order valence-electron chi connectivity index (χ2n) is 4.65. The first-order chi connectivity index (χ1) is 8.88. The lowest BCUT2D eigenvalue weighted by atomic mass is 10.3. The summed E-state index contributed by atoms with van der Waals surface area (Å²) in [6, 6.07) is 5.55. The molecule has 0 saturated carbocycles. The van der Waals surface area contributed by atoms with E-state index >= 15 is 0 Å². The van der Waals surface area contributed by atoms with Gasteiger partial charge in [0.1, 0.15) is 5.82 Å². The van der Waals surface area contributed by atoms with Crippen LogP contribution in [0.3, 0.4) is 0 Å². The number of rotatable bonds is 5. The van der Waals surface area contributed by atoms with E-state index in [9.17, 15) is 14.0 Å². The Bertz CT molecular complexity index is 446. The highest BCUT2D eigenvalue weighted by molar-refractivity contribution is 5.91. The van der Waals surface area contributed by atoms with E-state index in [1.54, 1.807) is 21.1 Å². The van der Waals surface area contributed by atoms with Crippen molar-refractivity contribution in [3.63, 3.8) is 0 Å². The first-order valence-electron chi connectivity index (χ1n) is 5.95. The van der Waals surface area contributed by atoms with Crippen LogP contribution in [0.15, 0.2) is 24.3 Å². The number of amides is 2. The summed E-state index contributed by atoms with van der Waals surface area (Å²) in [4.78, 5) is 25.4. The van der Waals surface area contributed by atoms with E-state index in [4.69, 9.17) is 0 Å². The third kappa shape index (κ3) is 5.48. The molecule has 0 fully saturated rings. The summed E-state index contributed by atoms with van der Waals surface area (Å²) in [5, 5.41) is 2.65. The Morgan fingerprint density at radius 2 is 1.79 bits per heavy atom. The zero-order valence-corrected chi connectivity index (χ0v) is 11.4. The van der Waals surface area contributed by atoms with Crippen LogP contribution in [0.5, 0.6) is 0 Å². The maximum absolute atomic E-state index is 12.7. The van der Waals surface area contributed by atoms with Crippen LogP contribution in [0.4, 0.5) is 10.1 Å². The molecule has 104 valence electrons. The summed E-state index contributed by atoms with van der Waals surface area (Å²) < 4.78 is 12.7. The number of carbonyl (C=O) groups is 2. The van der Waals surface area contributed by atoms with Crippen molar-refractivity contribution in [2.75, 3.05) is 39.5 Å². The van der Waals surface area contributed by atoms with Gasteiger partial charge in [0.25, 0.3) is 11.8 Å². The second-order valence-corrected chi connectivity index (χ2v) is 4.65. The van der Waals surface area contributed by atoms with E-state index in [-0.39, 0.29) is 30.7 Å². The first-order valence-corrected chi connectivity index (χ1v) is 5.95. The first kappa shape index (κ1) is 15.1. The van der Waals surface area contributed by atoms with Gasteiger partial charge >= 0.3 is 0 Å². The van der Waals surface area contributed by atoms with Gasteiger partial charge in [-0.3, -0.25) is 9.59 Å². The molecule has 0 spiro atoms. The summed E-state index contributed by atoms with van der Waals surface area (Å²) in [6.45, 7) is 0.431. The standard InChI is InChI=1S/C13H18FN3O2/c1-16(2)13(19)9-17(3)8-12(18)15-11-6-4-10(14)5-7-11/h4-7H,8-9H2,1-3H3,(H,15,18)/p+1. The van der Waals surface area contributed by atoms with Gasteiger partial charge in [0.15, 0.2) is 13.1 Å². The zero-order valence-electron chi connectivity index (χ0n) is 11.4. The number of carbonyl (C=O) groups excluding carboxylic acids is 2. The molecule has 0 radical (unpaired) electrons. The lowest BCUT2D eigenvalue weighted by molar-refractivity contribution is -0.862. The van der Waals surface area contributed by atoms with E-state index < -0.39 is 0 Å². The molecule has 0 saturated heterocycles. The number of halogens is 1. The lowest BCUT2D eigenvalue weighted by Gasteiger charge is -2.16. The number of likely N-dealkylation sites (N-methyl/N-ethyl adjacent to an activating group) is 2. The minimum absolute atomic E-state index is 0.0351. The molecule has 0 aliphatic heterocycles. The molecular weight excluding hydrogens is 249 g/mol. The molecule has 0 bridgehead atoms. The third-order valence-electron chi connectivity index (χ3n) is 2.54. The number of hydrogen-bond donors (Lipinski definition) is 2.